The normalized spacial score (nSPS) is 12.7. The summed E-state index contributed by atoms with van der Waals surface area (Å²) in [6, 6.07) is 2.48. The van der Waals surface area contributed by atoms with Crippen LogP contribution in [0.25, 0.3) is 0 Å². The summed E-state index contributed by atoms with van der Waals surface area (Å²) < 4.78 is 0. The van der Waals surface area contributed by atoms with Crippen molar-refractivity contribution in [2.45, 2.75) is 32.9 Å². The second-order valence-electron chi connectivity index (χ2n) is 4.71. The van der Waals surface area contributed by atoms with Crippen molar-refractivity contribution in [2.24, 2.45) is 5.84 Å². The van der Waals surface area contributed by atoms with Crippen LogP contribution >= 0.6 is 23.1 Å². The van der Waals surface area contributed by atoms with Crippen molar-refractivity contribution in [3.8, 4) is 0 Å². The number of aryl methyl sites for hydroxylation is 1. The van der Waals surface area contributed by atoms with Crippen molar-refractivity contribution in [3.63, 3.8) is 0 Å². The smallest absolute Gasteiger partial charge is 0.275 e. The van der Waals surface area contributed by atoms with Gasteiger partial charge in [-0.2, -0.15) is 11.8 Å². The maximum absolute atomic E-state index is 11.5. The molecule has 0 saturated carbocycles. The van der Waals surface area contributed by atoms with E-state index in [1.807, 2.05) is 24.8 Å². The van der Waals surface area contributed by atoms with Gasteiger partial charge in [-0.25, -0.2) is 5.84 Å². The molecule has 0 aromatic carbocycles. The van der Waals surface area contributed by atoms with Gasteiger partial charge in [-0.1, -0.05) is 0 Å². The number of thioether (sulfide) groups is 1. The van der Waals surface area contributed by atoms with Crippen molar-refractivity contribution in [3.05, 3.63) is 21.4 Å². The molecular weight excluding hydrogens is 278 g/mol. The summed E-state index contributed by atoms with van der Waals surface area (Å²) in [5.74, 6) is 6.13. The van der Waals surface area contributed by atoms with Gasteiger partial charge < -0.3 is 0 Å². The van der Waals surface area contributed by atoms with E-state index in [0.717, 1.165) is 6.54 Å². The number of amides is 1. The van der Waals surface area contributed by atoms with Crippen molar-refractivity contribution in [1.29, 1.82) is 0 Å². The minimum Gasteiger partial charge on any atom is -0.299 e. The van der Waals surface area contributed by atoms with Gasteiger partial charge in [-0.15, -0.1) is 11.3 Å². The zero-order valence-electron chi connectivity index (χ0n) is 12.0. The zero-order chi connectivity index (χ0) is 14.4. The van der Waals surface area contributed by atoms with E-state index >= 15 is 0 Å². The lowest BCUT2D eigenvalue weighted by atomic mass is 10.2. The molecule has 0 aliphatic heterocycles. The number of carbonyl (C=O) groups excluding carboxylic acids is 1. The molecule has 0 aliphatic carbocycles. The average molecular weight is 301 g/mol. The lowest BCUT2D eigenvalue weighted by Crippen LogP contribution is -2.29. The third-order valence-electron chi connectivity index (χ3n) is 3.29. The largest absolute Gasteiger partial charge is 0.299 e. The fraction of sp³-hybridized carbons (Fsp3) is 0.615. The number of rotatable bonds is 7. The minimum absolute atomic E-state index is 0.211. The number of nitrogen functional groups attached to an aromatic ring is 1. The molecule has 1 unspecified atom stereocenters. The Labute approximate surface area is 123 Å². The third kappa shape index (κ3) is 4.80. The summed E-state index contributed by atoms with van der Waals surface area (Å²) in [7, 11) is 2.13. The average Bonchev–Trinajstić information content (AvgIpc) is 2.76. The number of nitrogens with two attached hydrogens (primary N) is 1. The highest BCUT2D eigenvalue weighted by Crippen LogP contribution is 2.23. The van der Waals surface area contributed by atoms with E-state index in [1.165, 1.54) is 34.0 Å². The van der Waals surface area contributed by atoms with Crippen molar-refractivity contribution < 1.29 is 4.79 Å². The monoisotopic (exact) mass is 301 g/mol. The first-order chi connectivity index (χ1) is 8.99. The lowest BCUT2D eigenvalue weighted by molar-refractivity contribution is 0.0957. The molecular formula is C13H23N3OS2. The first kappa shape index (κ1) is 16.5. The Morgan fingerprint density at radius 2 is 2.32 bits per heavy atom. The second kappa shape index (κ2) is 7.89. The van der Waals surface area contributed by atoms with Gasteiger partial charge in [0.25, 0.3) is 5.91 Å². The molecule has 0 spiro atoms. The van der Waals surface area contributed by atoms with Gasteiger partial charge >= 0.3 is 0 Å². The van der Waals surface area contributed by atoms with Crippen LogP contribution in [-0.2, 0) is 6.54 Å². The fourth-order valence-corrected chi connectivity index (χ4v) is 3.31. The standard InChI is InChI=1S/C13H23N3OS2/c1-9(5-6-18-4)16(3)8-11-7-12(13(17)15-14)19-10(11)2/h7,9H,5-6,8,14H2,1-4H3,(H,15,17). The molecule has 19 heavy (non-hydrogen) atoms. The molecule has 1 aromatic heterocycles. The summed E-state index contributed by atoms with van der Waals surface area (Å²) in [6.07, 6.45) is 3.31. The van der Waals surface area contributed by atoms with Crippen LogP contribution in [0.2, 0.25) is 0 Å². The Bertz CT molecular complexity index is 420. The molecule has 0 aliphatic rings. The second-order valence-corrected chi connectivity index (χ2v) is 6.95. The van der Waals surface area contributed by atoms with Crippen LogP contribution in [0.15, 0.2) is 6.07 Å². The highest BCUT2D eigenvalue weighted by molar-refractivity contribution is 7.98. The van der Waals surface area contributed by atoms with Gasteiger partial charge in [-0.3, -0.25) is 15.1 Å². The SMILES string of the molecule is CSCCC(C)N(C)Cc1cc(C(=O)NN)sc1C. The molecule has 1 rings (SSSR count). The van der Waals surface area contributed by atoms with E-state index in [-0.39, 0.29) is 5.91 Å². The topological polar surface area (TPSA) is 58.4 Å². The first-order valence-electron chi connectivity index (χ1n) is 6.29. The number of carbonyl (C=O) groups is 1. The van der Waals surface area contributed by atoms with Crippen LogP contribution < -0.4 is 11.3 Å². The molecule has 3 N–H and O–H groups in total. The number of thiophene rings is 1. The van der Waals surface area contributed by atoms with Crippen molar-refractivity contribution in [2.75, 3.05) is 19.1 Å². The number of hydrogen-bond acceptors (Lipinski definition) is 5. The Hall–Kier alpha value is -0.560. The van der Waals surface area contributed by atoms with Crippen LogP contribution in [0.3, 0.4) is 0 Å². The number of nitrogens with zero attached hydrogens (tertiary/aromatic N) is 1. The Balaban J connectivity index is 2.66. The van der Waals surface area contributed by atoms with Gasteiger partial charge in [0.15, 0.2) is 0 Å². The van der Waals surface area contributed by atoms with Gasteiger partial charge in [-0.05, 0) is 51.0 Å². The summed E-state index contributed by atoms with van der Waals surface area (Å²) in [4.78, 5) is 15.7. The lowest BCUT2D eigenvalue weighted by Gasteiger charge is -2.24. The number of nitrogens with one attached hydrogen (secondary N) is 1. The molecule has 1 amide bonds. The van der Waals surface area contributed by atoms with Gasteiger partial charge in [0.2, 0.25) is 0 Å². The van der Waals surface area contributed by atoms with E-state index < -0.39 is 0 Å². The van der Waals surface area contributed by atoms with E-state index in [0.29, 0.717) is 10.9 Å². The summed E-state index contributed by atoms with van der Waals surface area (Å²) >= 11 is 3.37. The molecule has 1 atom stereocenters. The Morgan fingerprint density at radius 3 is 2.89 bits per heavy atom. The third-order valence-corrected chi connectivity index (χ3v) is 5.02. The molecule has 6 heteroatoms. The molecule has 1 aromatic rings. The highest BCUT2D eigenvalue weighted by atomic mass is 32.2. The van der Waals surface area contributed by atoms with Gasteiger partial charge in [0, 0.05) is 17.5 Å². The molecule has 0 bridgehead atoms. The molecule has 108 valence electrons. The molecule has 0 saturated heterocycles. The molecule has 4 nitrogen and oxygen atoms in total. The number of hydrazine groups is 1. The van der Waals surface area contributed by atoms with Crippen LogP contribution in [0, 0.1) is 6.92 Å². The fourth-order valence-electron chi connectivity index (χ4n) is 1.79. The van der Waals surface area contributed by atoms with Crippen LogP contribution in [0.4, 0.5) is 0 Å². The van der Waals surface area contributed by atoms with Crippen LogP contribution in [-0.4, -0.2) is 35.9 Å². The minimum atomic E-state index is -0.211. The van der Waals surface area contributed by atoms with E-state index in [9.17, 15) is 4.79 Å². The summed E-state index contributed by atoms with van der Waals surface area (Å²) in [6.45, 7) is 5.16. The summed E-state index contributed by atoms with van der Waals surface area (Å²) in [5, 5.41) is 0. The quantitative estimate of drug-likeness (QED) is 0.461. The molecule has 1 heterocycles. The number of hydrogen-bond donors (Lipinski definition) is 2. The Morgan fingerprint density at radius 1 is 1.63 bits per heavy atom. The van der Waals surface area contributed by atoms with Crippen molar-refractivity contribution >= 4 is 29.0 Å². The van der Waals surface area contributed by atoms with Crippen molar-refractivity contribution in [1.82, 2.24) is 10.3 Å². The first-order valence-corrected chi connectivity index (χ1v) is 8.50. The molecule has 0 fully saturated rings. The maximum Gasteiger partial charge on any atom is 0.275 e. The molecule has 0 radical (unpaired) electrons. The van der Waals surface area contributed by atoms with Gasteiger partial charge in [0.1, 0.15) is 0 Å². The highest BCUT2D eigenvalue weighted by Gasteiger charge is 2.15. The predicted molar refractivity (Wildman–Crippen MR) is 84.6 cm³/mol. The van der Waals surface area contributed by atoms with E-state index in [1.54, 1.807) is 0 Å². The summed E-state index contributed by atoms with van der Waals surface area (Å²) in [5.41, 5.74) is 3.39. The van der Waals surface area contributed by atoms with Gasteiger partial charge in [0.05, 0.1) is 4.88 Å². The maximum atomic E-state index is 11.5. The van der Waals surface area contributed by atoms with Crippen LogP contribution in [0.1, 0.15) is 33.5 Å². The van der Waals surface area contributed by atoms with Crippen LogP contribution in [0.5, 0.6) is 0 Å². The van der Waals surface area contributed by atoms with E-state index in [4.69, 9.17) is 5.84 Å². The van der Waals surface area contributed by atoms with E-state index in [2.05, 4.69) is 30.6 Å². The predicted octanol–water partition coefficient (Wildman–Crippen LogP) is 2.23. The Kier molecular flexibility index (Phi) is 6.85. The zero-order valence-corrected chi connectivity index (χ0v) is 13.7.